The van der Waals surface area contributed by atoms with E-state index in [0.29, 0.717) is 12.0 Å². The zero-order valence-electron chi connectivity index (χ0n) is 15.6. The maximum absolute atomic E-state index is 6.25. The second-order valence-electron chi connectivity index (χ2n) is 6.90. The van der Waals surface area contributed by atoms with Gasteiger partial charge in [-0.25, -0.2) is 4.98 Å². The highest BCUT2D eigenvalue weighted by Gasteiger charge is 2.25. The fourth-order valence-corrected chi connectivity index (χ4v) is 4.54. The highest BCUT2D eigenvalue weighted by Crippen LogP contribution is 2.31. The highest BCUT2D eigenvalue weighted by atomic mass is 127. The molecule has 0 bridgehead atoms. The van der Waals surface area contributed by atoms with E-state index in [0.717, 1.165) is 50.8 Å². The number of rotatable bonds is 4. The number of fused-ring (bicyclic) bond motifs is 1. The normalized spacial score (nSPS) is 19.8. The van der Waals surface area contributed by atoms with Gasteiger partial charge in [0.05, 0.1) is 6.54 Å². The molecule has 0 radical (unpaired) electrons. The highest BCUT2D eigenvalue weighted by molar-refractivity contribution is 14.0. The van der Waals surface area contributed by atoms with Crippen LogP contribution in [0.1, 0.15) is 12.5 Å². The Balaban J connectivity index is 0.00000210. The van der Waals surface area contributed by atoms with Crippen molar-refractivity contribution in [1.29, 1.82) is 0 Å². The average molecular weight is 498 g/mol. The van der Waals surface area contributed by atoms with Crippen molar-refractivity contribution in [2.75, 3.05) is 49.1 Å². The van der Waals surface area contributed by atoms with Gasteiger partial charge in [-0.2, -0.15) is 0 Å². The number of guanidine groups is 1. The zero-order valence-corrected chi connectivity index (χ0v) is 18.8. The van der Waals surface area contributed by atoms with Crippen molar-refractivity contribution in [3.63, 3.8) is 0 Å². The molecule has 0 spiro atoms. The van der Waals surface area contributed by atoms with Gasteiger partial charge in [0.1, 0.15) is 0 Å². The molecule has 1 aromatic carbocycles. The van der Waals surface area contributed by atoms with Gasteiger partial charge in [-0.05, 0) is 25.0 Å². The second-order valence-corrected chi connectivity index (χ2v) is 7.78. The standard InChI is InChI=1S/C19H26N6S.HI/c1-15-14-16-4-2-3-5-17(16)25(15)8-6-21-18(20)23-9-11-24(12-10-23)19-22-7-13-26-19;/h2-5,7,13,15H,6,8-12,14H2,1H3,(H2,20,21);1H. The van der Waals surface area contributed by atoms with Gasteiger partial charge >= 0.3 is 0 Å². The third-order valence-corrected chi connectivity index (χ3v) is 6.09. The Labute approximate surface area is 182 Å². The van der Waals surface area contributed by atoms with Crippen molar-refractivity contribution in [3.8, 4) is 0 Å². The van der Waals surface area contributed by atoms with Crippen LogP contribution in [0.25, 0.3) is 0 Å². The number of piperazine rings is 1. The number of thiazole rings is 1. The van der Waals surface area contributed by atoms with Crippen LogP contribution >= 0.6 is 35.3 Å². The molecule has 27 heavy (non-hydrogen) atoms. The molecule has 1 saturated heterocycles. The van der Waals surface area contributed by atoms with E-state index in [1.807, 2.05) is 11.6 Å². The lowest BCUT2D eigenvalue weighted by Crippen LogP contribution is -2.51. The number of anilines is 2. The summed E-state index contributed by atoms with van der Waals surface area (Å²) < 4.78 is 0. The molecule has 146 valence electrons. The first-order valence-corrected chi connectivity index (χ1v) is 10.1. The first kappa shape index (κ1) is 20.2. The minimum atomic E-state index is 0. The predicted octanol–water partition coefficient (Wildman–Crippen LogP) is 2.65. The predicted molar refractivity (Wildman–Crippen MR) is 125 cm³/mol. The van der Waals surface area contributed by atoms with E-state index in [4.69, 9.17) is 5.73 Å². The summed E-state index contributed by atoms with van der Waals surface area (Å²) in [7, 11) is 0. The summed E-state index contributed by atoms with van der Waals surface area (Å²) in [6.45, 7) is 7.62. The molecular weight excluding hydrogens is 471 g/mol. The molecular formula is C19H27IN6S. The fraction of sp³-hybridized carbons (Fsp3) is 0.474. The van der Waals surface area contributed by atoms with Crippen LogP contribution in [0, 0.1) is 0 Å². The van der Waals surface area contributed by atoms with Crippen LogP contribution in [-0.2, 0) is 6.42 Å². The molecule has 4 rings (SSSR count). The van der Waals surface area contributed by atoms with Gasteiger partial charge in [-0.3, -0.25) is 4.99 Å². The van der Waals surface area contributed by atoms with Crippen LogP contribution < -0.4 is 15.5 Å². The van der Waals surface area contributed by atoms with Crippen LogP contribution in [0.3, 0.4) is 0 Å². The molecule has 6 nitrogen and oxygen atoms in total. The molecule has 2 N–H and O–H groups in total. The number of hydrogen-bond donors (Lipinski definition) is 1. The molecule has 1 atom stereocenters. The van der Waals surface area contributed by atoms with Gasteiger partial charge in [-0.15, -0.1) is 35.3 Å². The molecule has 1 aromatic heterocycles. The Morgan fingerprint density at radius 3 is 2.78 bits per heavy atom. The number of benzene rings is 1. The monoisotopic (exact) mass is 498 g/mol. The SMILES string of the molecule is CC1Cc2ccccc2N1CCN=C(N)N1CCN(c2nccs2)CC1.I. The van der Waals surface area contributed by atoms with E-state index >= 15 is 0 Å². The summed E-state index contributed by atoms with van der Waals surface area (Å²) in [5.74, 6) is 0.670. The maximum Gasteiger partial charge on any atom is 0.191 e. The summed E-state index contributed by atoms with van der Waals surface area (Å²) in [6, 6.07) is 9.21. The van der Waals surface area contributed by atoms with E-state index in [-0.39, 0.29) is 24.0 Å². The van der Waals surface area contributed by atoms with Gasteiger partial charge in [0.2, 0.25) is 0 Å². The van der Waals surface area contributed by atoms with Crippen molar-refractivity contribution in [2.45, 2.75) is 19.4 Å². The van der Waals surface area contributed by atoms with Crippen molar-refractivity contribution < 1.29 is 0 Å². The van der Waals surface area contributed by atoms with Gasteiger partial charge in [0.25, 0.3) is 0 Å². The summed E-state index contributed by atoms with van der Waals surface area (Å²) in [5.41, 5.74) is 9.05. The molecule has 0 amide bonds. The van der Waals surface area contributed by atoms with Crippen LogP contribution in [0.2, 0.25) is 0 Å². The smallest absolute Gasteiger partial charge is 0.191 e. The van der Waals surface area contributed by atoms with E-state index in [9.17, 15) is 0 Å². The van der Waals surface area contributed by atoms with Crippen molar-refractivity contribution in [3.05, 3.63) is 41.4 Å². The number of halogens is 1. The molecule has 2 aliphatic rings. The number of nitrogens with two attached hydrogens (primary N) is 1. The number of hydrogen-bond acceptors (Lipinski definition) is 5. The lowest BCUT2D eigenvalue weighted by atomic mass is 10.1. The van der Waals surface area contributed by atoms with Crippen LogP contribution in [0.5, 0.6) is 0 Å². The Bertz CT molecular complexity index is 757. The van der Waals surface area contributed by atoms with Crippen molar-refractivity contribution in [2.24, 2.45) is 10.7 Å². The summed E-state index contributed by atoms with van der Waals surface area (Å²) >= 11 is 1.69. The first-order valence-electron chi connectivity index (χ1n) is 9.26. The quantitative estimate of drug-likeness (QED) is 0.399. The van der Waals surface area contributed by atoms with Gasteiger partial charge in [0, 0.05) is 56.0 Å². The van der Waals surface area contributed by atoms with E-state index in [1.54, 1.807) is 11.3 Å². The topological polar surface area (TPSA) is 61.0 Å². The number of para-hydroxylation sites is 1. The Kier molecular flexibility index (Phi) is 6.80. The molecule has 0 aliphatic carbocycles. The fourth-order valence-electron chi connectivity index (χ4n) is 3.84. The minimum absolute atomic E-state index is 0. The van der Waals surface area contributed by atoms with Gasteiger partial charge < -0.3 is 20.4 Å². The van der Waals surface area contributed by atoms with E-state index < -0.39 is 0 Å². The van der Waals surface area contributed by atoms with Crippen LogP contribution in [0.4, 0.5) is 10.8 Å². The summed E-state index contributed by atoms with van der Waals surface area (Å²) in [6.07, 6.45) is 2.98. The van der Waals surface area contributed by atoms with E-state index in [2.05, 4.69) is 55.9 Å². The van der Waals surface area contributed by atoms with Gasteiger partial charge in [-0.1, -0.05) is 18.2 Å². The largest absolute Gasteiger partial charge is 0.370 e. The Hall–Kier alpha value is -1.55. The molecule has 2 aliphatic heterocycles. The lowest BCUT2D eigenvalue weighted by Gasteiger charge is -2.35. The van der Waals surface area contributed by atoms with E-state index in [1.165, 1.54) is 11.3 Å². The molecule has 0 saturated carbocycles. The molecule has 1 fully saturated rings. The van der Waals surface area contributed by atoms with Crippen molar-refractivity contribution >= 4 is 52.1 Å². The third kappa shape index (κ3) is 4.48. The summed E-state index contributed by atoms with van der Waals surface area (Å²) in [5, 5.41) is 3.12. The number of nitrogens with zero attached hydrogens (tertiary/aromatic N) is 5. The molecule has 1 unspecified atom stereocenters. The Morgan fingerprint density at radius 2 is 2.04 bits per heavy atom. The average Bonchev–Trinajstić information content (AvgIpc) is 3.30. The second kappa shape index (κ2) is 9.09. The van der Waals surface area contributed by atoms with Crippen molar-refractivity contribution in [1.82, 2.24) is 9.88 Å². The lowest BCUT2D eigenvalue weighted by molar-refractivity contribution is 0.380. The zero-order chi connectivity index (χ0) is 17.9. The molecule has 2 aromatic rings. The molecule has 3 heterocycles. The third-order valence-electron chi connectivity index (χ3n) is 5.26. The number of aliphatic imine (C=N–C) groups is 1. The first-order chi connectivity index (χ1) is 12.7. The van der Waals surface area contributed by atoms with Crippen LogP contribution in [0.15, 0.2) is 40.8 Å². The van der Waals surface area contributed by atoms with Crippen LogP contribution in [-0.4, -0.2) is 61.2 Å². The Morgan fingerprint density at radius 1 is 1.26 bits per heavy atom. The molecule has 8 heteroatoms. The van der Waals surface area contributed by atoms with Gasteiger partial charge in [0.15, 0.2) is 11.1 Å². The summed E-state index contributed by atoms with van der Waals surface area (Å²) in [4.78, 5) is 16.0. The number of aromatic nitrogens is 1. The maximum atomic E-state index is 6.25. The minimum Gasteiger partial charge on any atom is -0.370 e.